The van der Waals surface area contributed by atoms with Crippen molar-refractivity contribution in [1.29, 1.82) is 0 Å². The predicted octanol–water partition coefficient (Wildman–Crippen LogP) is 17.3. The zero-order valence-corrected chi connectivity index (χ0v) is 35.2. The molecule has 2 heterocycles. The van der Waals surface area contributed by atoms with E-state index in [1.807, 2.05) is 11.3 Å². The third-order valence-corrected chi connectivity index (χ3v) is 13.7. The van der Waals surface area contributed by atoms with Gasteiger partial charge >= 0.3 is 0 Å². The second-order valence-corrected chi connectivity index (χ2v) is 17.1. The molecule has 10 aromatic carbocycles. The Balaban J connectivity index is 1.09. The van der Waals surface area contributed by atoms with Gasteiger partial charge in [0, 0.05) is 53.3 Å². The Morgan fingerprint density at radius 1 is 0.317 bits per heavy atom. The SMILES string of the molecule is c1ccc(-c2ccc(-c3ccccc3N(c3ccc(-c4ccccc4)cc3)c3cccc4c3c3ccccc3n4-c3ccccc3-c3cccc4c3sc3ccccc34)cc2)cc1. The molecular weight excluding hydrogens is 781 g/mol. The maximum atomic E-state index is 2.49. The molecular formula is C60H40N2S. The van der Waals surface area contributed by atoms with Crippen molar-refractivity contribution >= 4 is 70.4 Å². The Hall–Kier alpha value is -7.98. The highest BCUT2D eigenvalue weighted by Crippen LogP contribution is 2.48. The molecule has 2 aromatic heterocycles. The van der Waals surface area contributed by atoms with Crippen LogP contribution in [0, 0.1) is 0 Å². The van der Waals surface area contributed by atoms with Gasteiger partial charge in [-0.3, -0.25) is 0 Å². The lowest BCUT2D eigenvalue weighted by molar-refractivity contribution is 1.18. The monoisotopic (exact) mass is 820 g/mol. The number of hydrogen-bond donors (Lipinski definition) is 0. The van der Waals surface area contributed by atoms with Gasteiger partial charge in [0.2, 0.25) is 0 Å². The molecule has 0 bridgehead atoms. The van der Waals surface area contributed by atoms with Gasteiger partial charge in [0.25, 0.3) is 0 Å². The number of rotatable bonds is 8. The van der Waals surface area contributed by atoms with E-state index < -0.39 is 0 Å². The van der Waals surface area contributed by atoms with E-state index in [4.69, 9.17) is 0 Å². The molecule has 0 aliphatic heterocycles. The number of para-hydroxylation sites is 3. The van der Waals surface area contributed by atoms with Crippen LogP contribution in [0.3, 0.4) is 0 Å². The molecule has 0 atom stereocenters. The number of aromatic nitrogens is 1. The zero-order chi connectivity index (χ0) is 41.7. The second kappa shape index (κ2) is 15.5. The molecule has 0 spiro atoms. The number of anilines is 3. The third kappa shape index (κ3) is 6.33. The molecule has 0 saturated carbocycles. The maximum Gasteiger partial charge on any atom is 0.0562 e. The van der Waals surface area contributed by atoms with Gasteiger partial charge in [-0.25, -0.2) is 0 Å². The van der Waals surface area contributed by atoms with Gasteiger partial charge in [-0.1, -0.05) is 194 Å². The van der Waals surface area contributed by atoms with Crippen LogP contribution in [0.5, 0.6) is 0 Å². The first kappa shape index (κ1) is 36.8. The Bertz CT molecular complexity index is 3600. The van der Waals surface area contributed by atoms with Gasteiger partial charge in [-0.05, 0) is 76.3 Å². The number of nitrogens with zero attached hydrogens (tertiary/aromatic N) is 2. The predicted molar refractivity (Wildman–Crippen MR) is 270 cm³/mol. The largest absolute Gasteiger partial charge is 0.309 e. The second-order valence-electron chi connectivity index (χ2n) is 16.0. The van der Waals surface area contributed by atoms with Crippen LogP contribution in [0.25, 0.3) is 92.2 Å². The Kier molecular flexibility index (Phi) is 9.06. The molecule has 12 aromatic rings. The standard InChI is InChI=1S/C60H40N2S/c1-3-17-41(18-4-1)43-33-35-45(36-34-43)47-21-7-11-27-53(47)61(46-39-37-44(38-40-46)42-19-5-2-6-20-42)56-30-16-31-57-59(56)52-24-9-13-29-55(52)62(57)54-28-12-8-22-48(54)50-25-15-26-51-49-23-10-14-32-58(49)63-60(50)51/h1-40H. The van der Waals surface area contributed by atoms with E-state index >= 15 is 0 Å². The first-order chi connectivity index (χ1) is 31.3. The molecule has 12 rings (SSSR count). The minimum atomic E-state index is 1.09. The van der Waals surface area contributed by atoms with Gasteiger partial charge in [-0.2, -0.15) is 0 Å². The Morgan fingerprint density at radius 3 is 1.59 bits per heavy atom. The lowest BCUT2D eigenvalue weighted by Gasteiger charge is -2.29. The highest BCUT2D eigenvalue weighted by atomic mass is 32.1. The van der Waals surface area contributed by atoms with Crippen LogP contribution in [0.4, 0.5) is 17.1 Å². The number of fused-ring (bicyclic) bond motifs is 6. The highest BCUT2D eigenvalue weighted by Gasteiger charge is 2.24. The quantitative estimate of drug-likeness (QED) is 0.148. The minimum absolute atomic E-state index is 1.09. The molecule has 0 fully saturated rings. The summed E-state index contributed by atoms with van der Waals surface area (Å²) < 4.78 is 5.11. The fraction of sp³-hybridized carbons (Fsp3) is 0. The molecule has 2 nitrogen and oxygen atoms in total. The van der Waals surface area contributed by atoms with Crippen molar-refractivity contribution in [2.24, 2.45) is 0 Å². The number of benzene rings is 10. The van der Waals surface area contributed by atoms with Gasteiger partial charge in [0.1, 0.15) is 0 Å². The average Bonchev–Trinajstić information content (AvgIpc) is 3.92. The molecule has 0 unspecified atom stereocenters. The lowest BCUT2D eigenvalue weighted by Crippen LogP contribution is -2.11. The van der Waals surface area contributed by atoms with E-state index in [-0.39, 0.29) is 0 Å². The third-order valence-electron chi connectivity index (χ3n) is 12.4. The first-order valence-electron chi connectivity index (χ1n) is 21.5. The molecule has 63 heavy (non-hydrogen) atoms. The summed E-state index contributed by atoms with van der Waals surface area (Å²) in [4.78, 5) is 2.47. The van der Waals surface area contributed by atoms with Crippen molar-refractivity contribution in [2.75, 3.05) is 4.90 Å². The van der Waals surface area contributed by atoms with Crippen LogP contribution < -0.4 is 4.90 Å². The van der Waals surface area contributed by atoms with Crippen LogP contribution in [-0.4, -0.2) is 4.57 Å². The zero-order valence-electron chi connectivity index (χ0n) is 34.4. The van der Waals surface area contributed by atoms with Crippen molar-refractivity contribution in [3.8, 4) is 50.2 Å². The Labute approximate surface area is 370 Å². The summed E-state index contributed by atoms with van der Waals surface area (Å²) >= 11 is 1.88. The fourth-order valence-electron chi connectivity index (χ4n) is 9.53. The lowest BCUT2D eigenvalue weighted by atomic mass is 9.97. The van der Waals surface area contributed by atoms with E-state index in [1.54, 1.807) is 0 Å². The van der Waals surface area contributed by atoms with Gasteiger partial charge in [0.15, 0.2) is 0 Å². The molecule has 0 aliphatic carbocycles. The van der Waals surface area contributed by atoms with Crippen molar-refractivity contribution in [3.05, 3.63) is 243 Å². The molecule has 296 valence electrons. The fourth-order valence-corrected chi connectivity index (χ4v) is 10.8. The molecule has 0 radical (unpaired) electrons. The molecule has 0 aliphatic rings. The van der Waals surface area contributed by atoms with E-state index in [1.165, 1.54) is 69.8 Å². The van der Waals surface area contributed by atoms with Crippen LogP contribution in [0.1, 0.15) is 0 Å². The summed E-state index contributed by atoms with van der Waals surface area (Å²) in [6, 6.07) is 88.3. The summed E-state index contributed by atoms with van der Waals surface area (Å²) in [5.74, 6) is 0. The van der Waals surface area contributed by atoms with Crippen LogP contribution >= 0.6 is 11.3 Å². The first-order valence-corrected chi connectivity index (χ1v) is 22.3. The normalized spacial score (nSPS) is 11.5. The van der Waals surface area contributed by atoms with Crippen LogP contribution in [0.2, 0.25) is 0 Å². The van der Waals surface area contributed by atoms with Crippen molar-refractivity contribution in [3.63, 3.8) is 0 Å². The molecule has 0 amide bonds. The average molecular weight is 821 g/mol. The minimum Gasteiger partial charge on any atom is -0.309 e. The molecule has 3 heteroatoms. The van der Waals surface area contributed by atoms with Crippen molar-refractivity contribution in [1.82, 2.24) is 4.57 Å². The van der Waals surface area contributed by atoms with E-state index in [9.17, 15) is 0 Å². The summed E-state index contributed by atoms with van der Waals surface area (Å²) in [6.07, 6.45) is 0. The van der Waals surface area contributed by atoms with Gasteiger partial charge in [-0.15, -0.1) is 11.3 Å². The van der Waals surface area contributed by atoms with Crippen molar-refractivity contribution < 1.29 is 0 Å². The topological polar surface area (TPSA) is 8.17 Å². The van der Waals surface area contributed by atoms with E-state index in [0.29, 0.717) is 0 Å². The summed E-state index contributed by atoms with van der Waals surface area (Å²) in [7, 11) is 0. The Morgan fingerprint density at radius 2 is 0.825 bits per heavy atom. The van der Waals surface area contributed by atoms with Crippen LogP contribution in [0.15, 0.2) is 243 Å². The molecule has 0 saturated heterocycles. The van der Waals surface area contributed by atoms with Crippen molar-refractivity contribution in [2.45, 2.75) is 0 Å². The van der Waals surface area contributed by atoms with Gasteiger partial charge < -0.3 is 9.47 Å². The van der Waals surface area contributed by atoms with Crippen LogP contribution in [-0.2, 0) is 0 Å². The van der Waals surface area contributed by atoms with E-state index in [0.717, 1.165) is 39.4 Å². The molecule has 0 N–H and O–H groups in total. The number of thiophene rings is 1. The van der Waals surface area contributed by atoms with Gasteiger partial charge in [0.05, 0.1) is 28.1 Å². The smallest absolute Gasteiger partial charge is 0.0562 e. The summed E-state index contributed by atoms with van der Waals surface area (Å²) in [5.41, 5.74) is 16.4. The highest BCUT2D eigenvalue weighted by molar-refractivity contribution is 7.26. The van der Waals surface area contributed by atoms with E-state index in [2.05, 4.69) is 252 Å². The summed E-state index contributed by atoms with van der Waals surface area (Å²) in [5, 5.41) is 5.01. The summed E-state index contributed by atoms with van der Waals surface area (Å²) in [6.45, 7) is 0. The maximum absolute atomic E-state index is 2.49. The number of hydrogen-bond acceptors (Lipinski definition) is 2.